The number of nitrogens with one attached hydrogen (secondary N) is 2. The average Bonchev–Trinajstić information content (AvgIpc) is 2.65. The summed E-state index contributed by atoms with van der Waals surface area (Å²) < 4.78 is 5.74. The zero-order chi connectivity index (χ0) is 18.2. The second-order valence-electron chi connectivity index (χ2n) is 5.60. The topological polar surface area (TPSA) is 50.4 Å². The summed E-state index contributed by atoms with van der Waals surface area (Å²) in [5.74, 6) is 1.34. The third-order valence-electron chi connectivity index (χ3n) is 3.55. The molecule has 0 spiro atoms. The van der Waals surface area contributed by atoms with Crippen LogP contribution >= 0.6 is 12.2 Å². The van der Waals surface area contributed by atoms with Gasteiger partial charge in [0.1, 0.15) is 11.5 Å². The molecule has 1 amide bonds. The summed E-state index contributed by atoms with van der Waals surface area (Å²) in [5, 5.41) is 5.94. The van der Waals surface area contributed by atoms with Gasteiger partial charge in [-0.3, -0.25) is 4.79 Å². The predicted octanol–water partition coefficient (Wildman–Crippen LogP) is 4.53. The first-order valence-electron chi connectivity index (χ1n) is 8.17. The summed E-state index contributed by atoms with van der Waals surface area (Å²) in [4.78, 5) is 12.0. The number of carbonyl (C=O) groups is 1. The largest absolute Gasteiger partial charge is 0.457 e. The van der Waals surface area contributed by atoms with Gasteiger partial charge in [-0.25, -0.2) is 0 Å². The van der Waals surface area contributed by atoms with Crippen LogP contribution in [-0.4, -0.2) is 11.0 Å². The van der Waals surface area contributed by atoms with Gasteiger partial charge < -0.3 is 15.4 Å². The van der Waals surface area contributed by atoms with Crippen molar-refractivity contribution in [1.82, 2.24) is 5.32 Å². The minimum atomic E-state index is -0.155. The molecule has 3 rings (SSSR count). The van der Waals surface area contributed by atoms with Crippen LogP contribution in [0.1, 0.15) is 5.56 Å². The average molecular weight is 362 g/mol. The number of para-hydroxylation sites is 1. The van der Waals surface area contributed by atoms with Gasteiger partial charge in [-0.15, -0.1) is 0 Å². The third-order valence-corrected chi connectivity index (χ3v) is 3.76. The summed E-state index contributed by atoms with van der Waals surface area (Å²) >= 11 is 5.19. The number of hydrogen-bond acceptors (Lipinski definition) is 3. The van der Waals surface area contributed by atoms with E-state index in [1.165, 1.54) is 0 Å². The fraction of sp³-hybridized carbons (Fsp3) is 0.0476. The smallest absolute Gasteiger partial charge is 0.230 e. The van der Waals surface area contributed by atoms with Gasteiger partial charge in [0.05, 0.1) is 6.42 Å². The minimum absolute atomic E-state index is 0.155. The zero-order valence-electron chi connectivity index (χ0n) is 14.0. The molecule has 0 atom stereocenters. The van der Waals surface area contributed by atoms with Crippen molar-refractivity contribution >= 4 is 28.9 Å². The fourth-order valence-corrected chi connectivity index (χ4v) is 2.58. The molecule has 0 unspecified atom stereocenters. The Morgan fingerprint density at radius 3 is 2.04 bits per heavy atom. The van der Waals surface area contributed by atoms with Crippen LogP contribution in [-0.2, 0) is 11.2 Å². The second kappa shape index (κ2) is 8.78. The Bertz CT molecular complexity index is 866. The maximum absolute atomic E-state index is 12.0. The summed E-state index contributed by atoms with van der Waals surface area (Å²) in [6.07, 6.45) is 0.284. The van der Waals surface area contributed by atoms with Crippen LogP contribution in [0.4, 0.5) is 5.69 Å². The van der Waals surface area contributed by atoms with Crippen LogP contribution in [0.25, 0.3) is 0 Å². The molecule has 0 aliphatic heterocycles. The molecular formula is C21H18N2O2S. The van der Waals surface area contributed by atoms with Crippen molar-refractivity contribution < 1.29 is 9.53 Å². The molecule has 130 valence electrons. The Morgan fingerprint density at radius 1 is 0.808 bits per heavy atom. The van der Waals surface area contributed by atoms with E-state index in [1.54, 1.807) is 0 Å². The lowest BCUT2D eigenvalue weighted by Crippen LogP contribution is -2.35. The van der Waals surface area contributed by atoms with E-state index in [1.807, 2.05) is 84.9 Å². The highest BCUT2D eigenvalue weighted by Crippen LogP contribution is 2.22. The molecule has 0 aromatic heterocycles. The standard InChI is InChI=1S/C21H18N2O2S/c24-20(15-16-7-3-1-4-8-16)23-21(26)22-17-11-13-19(14-12-17)25-18-9-5-2-6-10-18/h1-14H,15H2,(H2,22,23,24,26). The van der Waals surface area contributed by atoms with E-state index >= 15 is 0 Å². The number of thiocarbonyl (C=S) groups is 1. The molecule has 4 nitrogen and oxygen atoms in total. The Hall–Kier alpha value is -3.18. The molecule has 0 heterocycles. The van der Waals surface area contributed by atoms with E-state index < -0.39 is 0 Å². The molecule has 0 bridgehead atoms. The molecule has 0 fully saturated rings. The van der Waals surface area contributed by atoms with Gasteiger partial charge in [-0.2, -0.15) is 0 Å². The zero-order valence-corrected chi connectivity index (χ0v) is 14.8. The van der Waals surface area contributed by atoms with E-state index in [2.05, 4.69) is 10.6 Å². The molecule has 0 aliphatic rings. The van der Waals surface area contributed by atoms with Gasteiger partial charge in [0.15, 0.2) is 5.11 Å². The number of ether oxygens (including phenoxy) is 1. The molecule has 3 aromatic rings. The van der Waals surface area contributed by atoms with Gasteiger partial charge in [0.25, 0.3) is 0 Å². The SMILES string of the molecule is O=C(Cc1ccccc1)NC(=S)Nc1ccc(Oc2ccccc2)cc1. The van der Waals surface area contributed by atoms with Crippen LogP contribution in [0.15, 0.2) is 84.9 Å². The van der Waals surface area contributed by atoms with Crippen molar-refractivity contribution in [3.8, 4) is 11.5 Å². The highest BCUT2D eigenvalue weighted by molar-refractivity contribution is 7.80. The maximum atomic E-state index is 12.0. The van der Waals surface area contributed by atoms with E-state index in [4.69, 9.17) is 17.0 Å². The van der Waals surface area contributed by atoms with Crippen molar-refractivity contribution in [2.24, 2.45) is 0 Å². The minimum Gasteiger partial charge on any atom is -0.457 e. The molecule has 2 N–H and O–H groups in total. The highest BCUT2D eigenvalue weighted by Gasteiger charge is 2.06. The number of hydrogen-bond donors (Lipinski definition) is 2. The van der Waals surface area contributed by atoms with Crippen molar-refractivity contribution in [2.45, 2.75) is 6.42 Å². The second-order valence-corrected chi connectivity index (χ2v) is 6.01. The number of amides is 1. The van der Waals surface area contributed by atoms with Crippen molar-refractivity contribution in [2.75, 3.05) is 5.32 Å². The summed E-state index contributed by atoms with van der Waals surface area (Å²) in [5.41, 5.74) is 1.71. The summed E-state index contributed by atoms with van der Waals surface area (Å²) in [6.45, 7) is 0. The number of anilines is 1. The van der Waals surface area contributed by atoms with Crippen molar-refractivity contribution in [3.63, 3.8) is 0 Å². The van der Waals surface area contributed by atoms with Crippen LogP contribution < -0.4 is 15.4 Å². The first-order valence-corrected chi connectivity index (χ1v) is 8.57. The highest BCUT2D eigenvalue weighted by atomic mass is 32.1. The van der Waals surface area contributed by atoms with Crippen LogP contribution in [0, 0.1) is 0 Å². The molecular weight excluding hydrogens is 344 g/mol. The van der Waals surface area contributed by atoms with Gasteiger partial charge in [0, 0.05) is 5.69 Å². The lowest BCUT2D eigenvalue weighted by molar-refractivity contribution is -0.119. The Balaban J connectivity index is 1.50. The Labute approximate surface area is 157 Å². The first kappa shape index (κ1) is 17.6. The van der Waals surface area contributed by atoms with Crippen LogP contribution in [0.2, 0.25) is 0 Å². The lowest BCUT2D eigenvalue weighted by Gasteiger charge is -2.11. The molecule has 3 aromatic carbocycles. The summed E-state index contributed by atoms with van der Waals surface area (Å²) in [7, 11) is 0. The van der Waals surface area contributed by atoms with Gasteiger partial charge in [0.2, 0.25) is 5.91 Å². The Kier molecular flexibility index (Phi) is 5.96. The van der Waals surface area contributed by atoms with Gasteiger partial charge >= 0.3 is 0 Å². The van der Waals surface area contributed by atoms with Gasteiger partial charge in [-0.1, -0.05) is 48.5 Å². The van der Waals surface area contributed by atoms with E-state index in [0.717, 1.165) is 22.7 Å². The molecule has 5 heteroatoms. The van der Waals surface area contributed by atoms with E-state index in [9.17, 15) is 4.79 Å². The first-order chi connectivity index (χ1) is 12.7. The maximum Gasteiger partial charge on any atom is 0.230 e. The molecule has 0 saturated carbocycles. The third kappa shape index (κ3) is 5.43. The van der Waals surface area contributed by atoms with Crippen molar-refractivity contribution in [1.29, 1.82) is 0 Å². The van der Waals surface area contributed by atoms with E-state index in [0.29, 0.717) is 0 Å². The number of carbonyl (C=O) groups excluding carboxylic acids is 1. The quantitative estimate of drug-likeness (QED) is 0.655. The van der Waals surface area contributed by atoms with E-state index in [-0.39, 0.29) is 17.4 Å². The normalized spacial score (nSPS) is 10.0. The van der Waals surface area contributed by atoms with Crippen molar-refractivity contribution in [3.05, 3.63) is 90.5 Å². The van der Waals surface area contributed by atoms with Gasteiger partial charge in [-0.05, 0) is 54.2 Å². The molecule has 26 heavy (non-hydrogen) atoms. The number of rotatable bonds is 5. The summed E-state index contributed by atoms with van der Waals surface area (Å²) in [6, 6.07) is 26.4. The Morgan fingerprint density at radius 2 is 1.38 bits per heavy atom. The van der Waals surface area contributed by atoms with Crippen LogP contribution in [0.3, 0.4) is 0 Å². The number of benzene rings is 3. The molecule has 0 saturated heterocycles. The fourth-order valence-electron chi connectivity index (χ4n) is 2.35. The molecule has 0 radical (unpaired) electrons. The monoisotopic (exact) mass is 362 g/mol. The predicted molar refractivity (Wildman–Crippen MR) is 107 cm³/mol. The molecule has 0 aliphatic carbocycles. The lowest BCUT2D eigenvalue weighted by atomic mass is 10.1. The van der Waals surface area contributed by atoms with Crippen LogP contribution in [0.5, 0.6) is 11.5 Å².